The molecule has 0 spiro atoms. The fourth-order valence-electron chi connectivity index (χ4n) is 4.21. The van der Waals surface area contributed by atoms with Crippen molar-refractivity contribution < 1.29 is 28.7 Å². The van der Waals surface area contributed by atoms with E-state index in [9.17, 15) is 24.0 Å². The molecule has 2 aromatic rings. The lowest BCUT2D eigenvalue weighted by Gasteiger charge is -2.33. The van der Waals surface area contributed by atoms with Crippen molar-refractivity contribution in [3.8, 4) is 0 Å². The zero-order valence-electron chi connectivity index (χ0n) is 30.1. The van der Waals surface area contributed by atoms with E-state index >= 15 is 0 Å². The summed E-state index contributed by atoms with van der Waals surface area (Å²) in [6.45, 7) is 13.6. The van der Waals surface area contributed by atoms with Crippen LogP contribution in [0.4, 0.5) is 0 Å². The monoisotopic (exact) mass is 688 g/mol. The number of nitrogens with one attached hydrogen (secondary N) is 4. The Balaban J connectivity index is 0.00000287. The summed E-state index contributed by atoms with van der Waals surface area (Å²) in [5.41, 5.74) is 0.876. The molecule has 0 radical (unpaired) electrons. The number of likely N-dealkylation sites (N-methyl/N-ethyl adjacent to an activating group) is 3. The number of hydrogen-bond donors (Lipinski definition) is 4. The molecule has 1 aromatic heterocycles. The number of unbranched alkanes of at least 4 members (excludes halogenated alkanes) is 1. The first kappa shape index (κ1) is 44.1. The maximum atomic E-state index is 13.1. The molecule has 48 heavy (non-hydrogen) atoms. The van der Waals surface area contributed by atoms with Crippen molar-refractivity contribution >= 4 is 40.7 Å². The van der Waals surface area contributed by atoms with Crippen LogP contribution in [0.3, 0.4) is 0 Å². The Morgan fingerprint density at radius 2 is 1.65 bits per heavy atom. The Morgan fingerprint density at radius 1 is 1.04 bits per heavy atom. The van der Waals surface area contributed by atoms with Crippen LogP contribution in [0.25, 0.3) is 0 Å². The number of aromatic nitrogens is 1. The van der Waals surface area contributed by atoms with Crippen LogP contribution in [0.2, 0.25) is 0 Å². The molecule has 4 amide bonds. The number of hydrogen-bond acceptors (Lipinski definition) is 9. The molecule has 0 saturated carbocycles. The lowest BCUT2D eigenvalue weighted by molar-refractivity contribution is -0.138. The van der Waals surface area contributed by atoms with Crippen molar-refractivity contribution in [1.29, 1.82) is 0 Å². The first-order chi connectivity index (χ1) is 22.8. The number of ether oxygens (including phenoxy) is 1. The second-order valence-electron chi connectivity index (χ2n) is 11.2. The topological polar surface area (TPSA) is 159 Å². The lowest BCUT2D eigenvalue weighted by atomic mass is 9.96. The Hall–Kier alpha value is -3.94. The van der Waals surface area contributed by atoms with Gasteiger partial charge in [-0.2, -0.15) is 0 Å². The molecular weight excluding hydrogens is 632 g/mol. The number of allylic oxidation sites excluding steroid dienone is 1. The molecule has 2 rings (SSSR count). The van der Waals surface area contributed by atoms with Crippen molar-refractivity contribution in [2.24, 2.45) is 5.92 Å². The van der Waals surface area contributed by atoms with Crippen molar-refractivity contribution in [2.45, 2.75) is 78.5 Å². The van der Waals surface area contributed by atoms with Crippen molar-refractivity contribution in [2.75, 3.05) is 41.3 Å². The fraction of sp³-hybridized carbons (Fsp3) is 0.543. The molecule has 13 heteroatoms. The zero-order chi connectivity index (χ0) is 36.6. The molecule has 1 aromatic carbocycles. The van der Waals surface area contributed by atoms with E-state index in [4.69, 9.17) is 4.74 Å². The van der Waals surface area contributed by atoms with E-state index in [2.05, 4.69) is 46.7 Å². The molecule has 0 aliphatic heterocycles. The molecule has 12 nitrogen and oxygen atoms in total. The van der Waals surface area contributed by atoms with Crippen LogP contribution in [-0.4, -0.2) is 92.7 Å². The number of amides is 4. The molecular formula is C35H56N6O6S. The minimum absolute atomic E-state index is 0.0619. The van der Waals surface area contributed by atoms with Crippen LogP contribution in [0, 0.1) is 5.92 Å². The molecule has 0 bridgehead atoms. The molecule has 0 saturated heterocycles. The van der Waals surface area contributed by atoms with Gasteiger partial charge in [0, 0.05) is 45.5 Å². The van der Waals surface area contributed by atoms with Crippen LogP contribution in [0.5, 0.6) is 0 Å². The van der Waals surface area contributed by atoms with Gasteiger partial charge in [0.2, 0.25) is 17.6 Å². The van der Waals surface area contributed by atoms with Crippen LogP contribution in [0.15, 0.2) is 48.4 Å². The summed E-state index contributed by atoms with van der Waals surface area (Å²) in [4.78, 5) is 68.5. The second-order valence-corrected chi connectivity index (χ2v) is 12.1. The number of ketones is 1. The maximum absolute atomic E-state index is 13.1. The number of rotatable bonds is 17. The second kappa shape index (κ2) is 25.1. The number of thiazole rings is 1. The van der Waals surface area contributed by atoms with Gasteiger partial charge < -0.3 is 30.9 Å². The van der Waals surface area contributed by atoms with Gasteiger partial charge in [-0.25, -0.2) is 4.98 Å². The molecule has 4 N–H and O–H groups in total. The normalized spacial score (nSPS) is 12.1. The van der Waals surface area contributed by atoms with Gasteiger partial charge >= 0.3 is 0 Å². The number of benzene rings is 1. The van der Waals surface area contributed by atoms with E-state index < -0.39 is 29.7 Å². The average molecular weight is 689 g/mol. The van der Waals surface area contributed by atoms with Crippen LogP contribution in [0.1, 0.15) is 81.0 Å². The Kier molecular flexibility index (Phi) is 23.1. The van der Waals surface area contributed by atoms with E-state index in [0.29, 0.717) is 11.4 Å². The molecule has 0 aliphatic carbocycles. The van der Waals surface area contributed by atoms with Gasteiger partial charge in [-0.1, -0.05) is 76.9 Å². The number of carbonyl (C=O) groups is 5. The van der Waals surface area contributed by atoms with Gasteiger partial charge in [0.15, 0.2) is 0 Å². The summed E-state index contributed by atoms with van der Waals surface area (Å²) >= 11 is 1.23. The van der Waals surface area contributed by atoms with E-state index in [1.54, 1.807) is 30.5 Å². The predicted molar refractivity (Wildman–Crippen MR) is 192 cm³/mol. The number of carbonyl (C=O) groups excluding carboxylic acids is 5. The summed E-state index contributed by atoms with van der Waals surface area (Å²) in [6.07, 6.45) is 4.42. The number of Topliss-reactive ketones (excluding diaryl/α,β-unsaturated/α-hetero) is 1. The van der Waals surface area contributed by atoms with Crippen molar-refractivity contribution in [1.82, 2.24) is 31.2 Å². The first-order valence-corrected chi connectivity index (χ1v) is 17.1. The summed E-state index contributed by atoms with van der Waals surface area (Å²) in [6, 6.07) is 7.76. The van der Waals surface area contributed by atoms with Gasteiger partial charge in [-0.15, -0.1) is 17.9 Å². The fourth-order valence-corrected chi connectivity index (χ4v) is 5.10. The van der Waals surface area contributed by atoms with E-state index in [-0.39, 0.29) is 49.0 Å². The zero-order valence-corrected chi connectivity index (χ0v) is 30.9. The number of methoxy groups -OCH3 is 1. The minimum atomic E-state index is -1.08. The highest BCUT2D eigenvalue weighted by atomic mass is 32.1. The third-order valence-electron chi connectivity index (χ3n) is 7.06. The van der Waals surface area contributed by atoms with E-state index in [1.165, 1.54) is 38.3 Å². The van der Waals surface area contributed by atoms with Gasteiger partial charge in [0.1, 0.15) is 22.8 Å². The number of nitrogens with zero attached hydrogens (tertiary/aromatic N) is 2. The summed E-state index contributed by atoms with van der Waals surface area (Å²) in [5.74, 6) is -2.61. The third-order valence-corrected chi connectivity index (χ3v) is 8.00. The molecule has 3 atom stereocenters. The van der Waals surface area contributed by atoms with Gasteiger partial charge in [0.25, 0.3) is 11.8 Å². The smallest absolute Gasteiger partial charge is 0.289 e. The highest BCUT2D eigenvalue weighted by Crippen LogP contribution is 2.29. The Morgan fingerprint density at radius 3 is 2.15 bits per heavy atom. The highest BCUT2D eigenvalue weighted by molar-refractivity contribution is 7.09. The summed E-state index contributed by atoms with van der Waals surface area (Å²) in [7, 11) is 6.21. The van der Waals surface area contributed by atoms with Crippen LogP contribution >= 0.6 is 11.3 Å². The molecule has 268 valence electrons. The van der Waals surface area contributed by atoms with E-state index in [1.807, 2.05) is 51.1 Å². The van der Waals surface area contributed by atoms with Gasteiger partial charge in [0.05, 0.1) is 13.1 Å². The third kappa shape index (κ3) is 16.2. The Bertz CT molecular complexity index is 1270. The van der Waals surface area contributed by atoms with Crippen LogP contribution in [-0.2, 0) is 30.3 Å². The lowest BCUT2D eigenvalue weighted by Crippen LogP contribution is -2.48. The summed E-state index contributed by atoms with van der Waals surface area (Å²) < 4.78 is 5.71. The van der Waals surface area contributed by atoms with Gasteiger partial charge in [-0.05, 0) is 25.5 Å². The first-order valence-electron chi connectivity index (χ1n) is 16.2. The van der Waals surface area contributed by atoms with Crippen molar-refractivity contribution in [3.05, 3.63) is 64.6 Å². The quantitative estimate of drug-likeness (QED) is 0.145. The van der Waals surface area contributed by atoms with Gasteiger partial charge in [-0.3, -0.25) is 24.0 Å². The average Bonchev–Trinajstić information content (AvgIpc) is 3.57. The SMILES string of the molecule is C=CC.CCCC.CNCC(=O)NCC(=O)N(C)C(CC(OC)c1nc(C(=O)NC(Cc2ccccc2)C(=O)C(=O)NC)cs1)C(C)C. The highest BCUT2D eigenvalue weighted by Gasteiger charge is 2.31. The molecule has 0 aliphatic rings. The Labute approximate surface area is 290 Å². The van der Waals surface area contributed by atoms with Crippen molar-refractivity contribution in [3.63, 3.8) is 0 Å². The standard InChI is InChI=1S/C28H40N6O6S.C4H10.C3H6/c1-17(2)21(34(5)24(36)15-31-23(35)14-29-3)13-22(40-6)28-33-20(16-41-28)26(38)32-19(25(37)27(39)30-4)12-18-10-8-7-9-11-18;1-3-4-2;1-3-2/h7-11,16-17,19,21-22,29H,12-15H2,1-6H3,(H,30,39)(H,31,35)(H,32,38);3-4H2,1-2H3;3H,1H2,2H3. The minimum Gasteiger partial charge on any atom is -0.374 e. The molecule has 3 unspecified atom stereocenters. The largest absolute Gasteiger partial charge is 0.374 e. The van der Waals surface area contributed by atoms with Crippen LogP contribution < -0.4 is 21.3 Å². The maximum Gasteiger partial charge on any atom is 0.289 e. The van der Waals surface area contributed by atoms with E-state index in [0.717, 1.165) is 5.56 Å². The summed E-state index contributed by atoms with van der Waals surface area (Å²) in [5, 5.41) is 12.4. The molecule has 0 fully saturated rings. The molecule has 1 heterocycles. The predicted octanol–water partition coefficient (Wildman–Crippen LogP) is 3.69.